The van der Waals surface area contributed by atoms with E-state index in [1.165, 1.54) is 16.5 Å². The predicted molar refractivity (Wildman–Crippen MR) is 87.4 cm³/mol. The highest BCUT2D eigenvalue weighted by atomic mass is 16.3. The largest absolute Gasteiger partial charge is 0.464 e. The van der Waals surface area contributed by atoms with Crippen molar-refractivity contribution in [1.82, 2.24) is 4.90 Å². The molecule has 0 bridgehead atoms. The molecule has 0 saturated heterocycles. The smallest absolute Gasteiger partial charge is 0.134 e. The highest BCUT2D eigenvalue weighted by Crippen LogP contribution is 2.21. The summed E-state index contributed by atoms with van der Waals surface area (Å²) in [5, 5.41) is 4.62. The van der Waals surface area contributed by atoms with Crippen molar-refractivity contribution in [2.45, 2.75) is 13.1 Å². The number of fused-ring (bicyclic) bond motifs is 1. The van der Waals surface area contributed by atoms with Gasteiger partial charge in [0.25, 0.3) is 0 Å². The van der Waals surface area contributed by atoms with Crippen molar-refractivity contribution < 1.29 is 4.42 Å². The first-order valence-electron chi connectivity index (χ1n) is 7.15. The molecule has 3 aromatic rings. The Labute approximate surface area is 125 Å². The molecule has 0 radical (unpaired) electrons. The minimum Gasteiger partial charge on any atom is -0.464 e. The summed E-state index contributed by atoms with van der Waals surface area (Å²) in [6.07, 6.45) is 1.83. The number of nitrogens with zero attached hydrogens (tertiary/aromatic N) is 1. The Kier molecular flexibility index (Phi) is 3.93. The Bertz CT molecular complexity index is 713. The number of para-hydroxylation sites is 1. The molecular weight excluding hydrogens is 260 g/mol. The molecule has 1 heterocycles. The third-order valence-corrected chi connectivity index (χ3v) is 3.50. The molecule has 3 heteroatoms. The summed E-state index contributed by atoms with van der Waals surface area (Å²) in [6, 6.07) is 16.7. The molecule has 3 rings (SSSR count). The Morgan fingerprint density at radius 3 is 2.52 bits per heavy atom. The zero-order valence-electron chi connectivity index (χ0n) is 12.5. The van der Waals surface area contributed by atoms with Crippen LogP contribution in [0.1, 0.15) is 11.1 Å². The average molecular weight is 280 g/mol. The number of hydrogen-bond acceptors (Lipinski definition) is 3. The summed E-state index contributed by atoms with van der Waals surface area (Å²) < 4.78 is 5.55. The molecule has 2 aromatic carbocycles. The summed E-state index contributed by atoms with van der Waals surface area (Å²) in [6.45, 7) is 1.73. The summed E-state index contributed by atoms with van der Waals surface area (Å²) >= 11 is 0. The van der Waals surface area contributed by atoms with Gasteiger partial charge in [0, 0.05) is 29.7 Å². The second-order valence-electron chi connectivity index (χ2n) is 5.55. The van der Waals surface area contributed by atoms with Crippen LogP contribution in [0.2, 0.25) is 0 Å². The van der Waals surface area contributed by atoms with Gasteiger partial charge in [-0.25, -0.2) is 0 Å². The second-order valence-corrected chi connectivity index (χ2v) is 5.55. The number of nitrogens with one attached hydrogen (secondary N) is 1. The summed E-state index contributed by atoms with van der Waals surface area (Å²) in [7, 11) is 4.16. The Balaban J connectivity index is 1.67. The van der Waals surface area contributed by atoms with Crippen LogP contribution in [0.15, 0.2) is 59.2 Å². The van der Waals surface area contributed by atoms with Gasteiger partial charge < -0.3 is 14.6 Å². The van der Waals surface area contributed by atoms with Crippen molar-refractivity contribution in [3.8, 4) is 0 Å². The first-order chi connectivity index (χ1) is 10.2. The maximum absolute atomic E-state index is 5.55. The minimum atomic E-state index is 0.768. The molecule has 0 aliphatic rings. The van der Waals surface area contributed by atoms with Crippen LogP contribution in [0.4, 0.5) is 5.69 Å². The number of benzene rings is 2. The third kappa shape index (κ3) is 3.26. The van der Waals surface area contributed by atoms with Gasteiger partial charge in [-0.2, -0.15) is 0 Å². The van der Waals surface area contributed by atoms with Gasteiger partial charge in [-0.3, -0.25) is 0 Å². The molecule has 0 unspecified atom stereocenters. The zero-order valence-corrected chi connectivity index (χ0v) is 12.5. The van der Waals surface area contributed by atoms with Crippen LogP contribution in [0, 0.1) is 0 Å². The fourth-order valence-electron chi connectivity index (χ4n) is 2.46. The summed E-state index contributed by atoms with van der Waals surface area (Å²) in [5.74, 6) is 0. The summed E-state index contributed by atoms with van der Waals surface area (Å²) in [4.78, 5) is 2.17. The zero-order chi connectivity index (χ0) is 14.7. The lowest BCUT2D eigenvalue weighted by Gasteiger charge is -2.10. The van der Waals surface area contributed by atoms with Crippen LogP contribution in [-0.2, 0) is 13.1 Å². The van der Waals surface area contributed by atoms with Gasteiger partial charge in [-0.05, 0) is 37.9 Å². The Morgan fingerprint density at radius 1 is 1.00 bits per heavy atom. The van der Waals surface area contributed by atoms with E-state index in [-0.39, 0.29) is 0 Å². The van der Waals surface area contributed by atoms with Gasteiger partial charge in [0.15, 0.2) is 0 Å². The van der Waals surface area contributed by atoms with Crippen molar-refractivity contribution in [1.29, 1.82) is 0 Å². The molecule has 0 atom stereocenters. The van der Waals surface area contributed by atoms with Crippen LogP contribution in [0.5, 0.6) is 0 Å². The van der Waals surface area contributed by atoms with Crippen molar-refractivity contribution in [3.05, 3.63) is 65.9 Å². The second kappa shape index (κ2) is 6.02. The van der Waals surface area contributed by atoms with E-state index >= 15 is 0 Å². The summed E-state index contributed by atoms with van der Waals surface area (Å²) in [5.41, 5.74) is 4.57. The highest BCUT2D eigenvalue weighted by molar-refractivity contribution is 5.81. The van der Waals surface area contributed by atoms with Gasteiger partial charge in [-0.1, -0.05) is 30.3 Å². The molecule has 0 saturated carbocycles. The molecule has 0 amide bonds. The topological polar surface area (TPSA) is 28.4 Å². The molecule has 0 aliphatic carbocycles. The van der Waals surface area contributed by atoms with Gasteiger partial charge >= 0.3 is 0 Å². The quantitative estimate of drug-likeness (QED) is 0.762. The van der Waals surface area contributed by atoms with Crippen molar-refractivity contribution in [2.75, 3.05) is 19.4 Å². The number of anilines is 1. The first-order valence-corrected chi connectivity index (χ1v) is 7.15. The van der Waals surface area contributed by atoms with Gasteiger partial charge in [0.1, 0.15) is 5.58 Å². The van der Waals surface area contributed by atoms with Crippen molar-refractivity contribution in [2.24, 2.45) is 0 Å². The SMILES string of the molecule is CN(C)Cc1ccc(NCc2coc3ccccc23)cc1. The van der Waals surface area contributed by atoms with Crippen molar-refractivity contribution >= 4 is 16.7 Å². The maximum atomic E-state index is 5.55. The predicted octanol–water partition coefficient (Wildman–Crippen LogP) is 4.11. The lowest BCUT2D eigenvalue weighted by atomic mass is 10.1. The van der Waals surface area contributed by atoms with E-state index in [0.717, 1.165) is 24.4 Å². The molecule has 1 N–H and O–H groups in total. The van der Waals surface area contributed by atoms with E-state index in [1.54, 1.807) is 0 Å². The van der Waals surface area contributed by atoms with E-state index < -0.39 is 0 Å². The Hall–Kier alpha value is -2.26. The minimum absolute atomic E-state index is 0.768. The molecule has 0 fully saturated rings. The molecule has 0 spiro atoms. The monoisotopic (exact) mass is 280 g/mol. The normalized spacial score (nSPS) is 11.2. The average Bonchev–Trinajstić information content (AvgIpc) is 2.89. The third-order valence-electron chi connectivity index (χ3n) is 3.50. The molecular formula is C18H20N2O. The fraction of sp³-hybridized carbons (Fsp3) is 0.222. The highest BCUT2D eigenvalue weighted by Gasteiger charge is 2.04. The first kappa shape index (κ1) is 13.7. The van der Waals surface area contributed by atoms with Gasteiger partial charge in [0.2, 0.25) is 0 Å². The van der Waals surface area contributed by atoms with E-state index in [9.17, 15) is 0 Å². The standard InChI is InChI=1S/C18H20N2O/c1-20(2)12-14-7-9-16(10-8-14)19-11-15-13-21-18-6-4-3-5-17(15)18/h3-10,13,19H,11-12H2,1-2H3. The van der Waals surface area contributed by atoms with Gasteiger partial charge in [0.05, 0.1) is 6.26 Å². The lowest BCUT2D eigenvalue weighted by molar-refractivity contribution is 0.402. The maximum Gasteiger partial charge on any atom is 0.134 e. The number of hydrogen-bond donors (Lipinski definition) is 1. The molecule has 108 valence electrons. The fourth-order valence-corrected chi connectivity index (χ4v) is 2.46. The van der Waals surface area contributed by atoms with Crippen molar-refractivity contribution in [3.63, 3.8) is 0 Å². The van der Waals surface area contributed by atoms with E-state index in [4.69, 9.17) is 4.42 Å². The van der Waals surface area contributed by atoms with E-state index in [2.05, 4.69) is 54.6 Å². The number of rotatable bonds is 5. The lowest BCUT2D eigenvalue weighted by Crippen LogP contribution is -2.10. The van der Waals surface area contributed by atoms with E-state index in [0.29, 0.717) is 0 Å². The number of furan rings is 1. The molecule has 21 heavy (non-hydrogen) atoms. The van der Waals surface area contributed by atoms with Gasteiger partial charge in [-0.15, -0.1) is 0 Å². The van der Waals surface area contributed by atoms with Crippen LogP contribution in [0.3, 0.4) is 0 Å². The molecule has 1 aromatic heterocycles. The Morgan fingerprint density at radius 2 is 1.76 bits per heavy atom. The van der Waals surface area contributed by atoms with E-state index in [1.807, 2.05) is 24.5 Å². The van der Waals surface area contributed by atoms with Crippen LogP contribution in [-0.4, -0.2) is 19.0 Å². The molecule has 3 nitrogen and oxygen atoms in total. The molecule has 0 aliphatic heterocycles. The van der Waals surface area contributed by atoms with Crippen LogP contribution < -0.4 is 5.32 Å². The van der Waals surface area contributed by atoms with Crippen LogP contribution >= 0.6 is 0 Å². The van der Waals surface area contributed by atoms with Crippen LogP contribution in [0.25, 0.3) is 11.0 Å².